The molecule has 2 heteroatoms. The maximum atomic E-state index is 5.70. The molecule has 0 N–H and O–H groups in total. The van der Waals surface area contributed by atoms with Gasteiger partial charge >= 0.3 is 0 Å². The summed E-state index contributed by atoms with van der Waals surface area (Å²) in [5, 5.41) is 0. The first-order valence-electron chi connectivity index (χ1n) is 6.50. The molecule has 0 aliphatic carbocycles. The number of hydrogen-bond acceptors (Lipinski definition) is 2. The smallest absolute Gasteiger partial charge is 0.130 e. The molecule has 0 fully saturated rings. The quantitative estimate of drug-likeness (QED) is 0.767. The van der Waals surface area contributed by atoms with Crippen LogP contribution >= 0.6 is 0 Å². The third-order valence-corrected chi connectivity index (χ3v) is 2.77. The Hall–Kier alpha value is -1.44. The molecule has 0 spiro atoms. The van der Waals surface area contributed by atoms with Crippen LogP contribution in [0.4, 0.5) is 0 Å². The van der Waals surface area contributed by atoms with Crippen LogP contribution in [-0.2, 0) is 5.41 Å². The zero-order chi connectivity index (χ0) is 13.8. The van der Waals surface area contributed by atoms with Gasteiger partial charge in [-0.2, -0.15) is 0 Å². The van der Waals surface area contributed by atoms with Gasteiger partial charge in [0.15, 0.2) is 0 Å². The normalized spacial score (nSPS) is 11.2. The van der Waals surface area contributed by atoms with Crippen LogP contribution in [0.5, 0.6) is 11.5 Å². The number of hydrogen-bond donors (Lipinski definition) is 0. The van der Waals surface area contributed by atoms with E-state index in [9.17, 15) is 0 Å². The molecule has 2 nitrogen and oxygen atoms in total. The number of benzene rings is 1. The summed E-state index contributed by atoms with van der Waals surface area (Å²) in [6.07, 6.45) is 1.79. The summed E-state index contributed by atoms with van der Waals surface area (Å²) in [6, 6.07) is 4.17. The largest absolute Gasteiger partial charge is 0.493 e. The molecule has 0 radical (unpaired) electrons. The zero-order valence-corrected chi connectivity index (χ0v) is 12.2. The zero-order valence-electron chi connectivity index (χ0n) is 12.2. The minimum absolute atomic E-state index is 0.0669. The first-order chi connectivity index (χ1) is 8.43. The van der Waals surface area contributed by atoms with Crippen LogP contribution in [0, 0.1) is 0 Å². The van der Waals surface area contributed by atoms with Crippen molar-refractivity contribution < 1.29 is 9.47 Å². The molecule has 0 saturated heterocycles. The molecule has 0 aromatic heterocycles. The van der Waals surface area contributed by atoms with Crippen molar-refractivity contribution in [1.29, 1.82) is 0 Å². The van der Waals surface area contributed by atoms with Crippen LogP contribution in [0.25, 0.3) is 6.08 Å². The first kappa shape index (κ1) is 14.6. The predicted molar refractivity (Wildman–Crippen MR) is 77.6 cm³/mol. The van der Waals surface area contributed by atoms with Gasteiger partial charge < -0.3 is 9.47 Å². The van der Waals surface area contributed by atoms with Gasteiger partial charge in [-0.15, -0.1) is 0 Å². The fraction of sp³-hybridized carbons (Fsp3) is 0.500. The van der Waals surface area contributed by atoms with Gasteiger partial charge in [-0.25, -0.2) is 0 Å². The van der Waals surface area contributed by atoms with Crippen LogP contribution in [0.2, 0.25) is 0 Å². The van der Waals surface area contributed by atoms with Crippen LogP contribution in [0.1, 0.15) is 45.7 Å². The Morgan fingerprint density at radius 1 is 1.06 bits per heavy atom. The topological polar surface area (TPSA) is 18.5 Å². The van der Waals surface area contributed by atoms with Gasteiger partial charge in [0, 0.05) is 0 Å². The van der Waals surface area contributed by atoms with E-state index >= 15 is 0 Å². The van der Waals surface area contributed by atoms with Crippen LogP contribution in [0.15, 0.2) is 18.7 Å². The molecule has 1 rings (SSSR count). The molecule has 0 unspecified atom stereocenters. The van der Waals surface area contributed by atoms with Gasteiger partial charge in [-0.05, 0) is 37.0 Å². The van der Waals surface area contributed by atoms with Crippen molar-refractivity contribution in [1.82, 2.24) is 0 Å². The molecule has 0 bridgehead atoms. The SMILES string of the molecule is C=Cc1c(OCC)cc(C(C)(C)C)cc1OCC. The lowest BCUT2D eigenvalue weighted by Crippen LogP contribution is -2.12. The standard InChI is InChI=1S/C16H24O2/c1-7-13-14(17-8-2)10-12(16(4,5)6)11-15(13)18-9-3/h7,10-11H,1,8-9H2,2-6H3. The van der Waals surface area contributed by atoms with Gasteiger partial charge in [0.05, 0.1) is 18.8 Å². The summed E-state index contributed by atoms with van der Waals surface area (Å²) in [6.45, 7) is 15.6. The molecule has 100 valence electrons. The summed E-state index contributed by atoms with van der Waals surface area (Å²) in [7, 11) is 0. The van der Waals surface area contributed by atoms with Crippen molar-refractivity contribution in [3.05, 3.63) is 29.8 Å². The molecular formula is C16H24O2. The Morgan fingerprint density at radius 3 is 1.78 bits per heavy atom. The fourth-order valence-corrected chi connectivity index (χ4v) is 1.79. The van der Waals surface area contributed by atoms with E-state index in [0.29, 0.717) is 13.2 Å². The molecule has 0 aliphatic heterocycles. The lowest BCUT2D eigenvalue weighted by Gasteiger charge is -2.23. The second kappa shape index (κ2) is 5.94. The highest BCUT2D eigenvalue weighted by Gasteiger charge is 2.19. The van der Waals surface area contributed by atoms with Crippen molar-refractivity contribution >= 4 is 6.08 Å². The van der Waals surface area contributed by atoms with E-state index in [1.807, 2.05) is 13.8 Å². The highest BCUT2D eigenvalue weighted by Crippen LogP contribution is 2.36. The summed E-state index contributed by atoms with van der Waals surface area (Å²) in [5.41, 5.74) is 2.21. The van der Waals surface area contributed by atoms with E-state index in [0.717, 1.165) is 17.1 Å². The molecule has 0 saturated carbocycles. The van der Waals surface area contributed by atoms with Crippen LogP contribution < -0.4 is 9.47 Å². The Balaban J connectivity index is 3.38. The summed E-state index contributed by atoms with van der Waals surface area (Å²) in [4.78, 5) is 0. The Kier molecular flexibility index (Phi) is 4.83. The maximum Gasteiger partial charge on any atom is 0.130 e. The van der Waals surface area contributed by atoms with Gasteiger partial charge in [0.1, 0.15) is 11.5 Å². The first-order valence-corrected chi connectivity index (χ1v) is 6.50. The number of rotatable bonds is 5. The van der Waals surface area contributed by atoms with Crippen LogP contribution in [0.3, 0.4) is 0 Å². The Bertz CT molecular complexity index is 387. The van der Waals surface area contributed by atoms with E-state index in [4.69, 9.17) is 9.47 Å². The second-order valence-electron chi connectivity index (χ2n) is 5.21. The lowest BCUT2D eigenvalue weighted by molar-refractivity contribution is 0.320. The third-order valence-electron chi connectivity index (χ3n) is 2.77. The van der Waals surface area contributed by atoms with Crippen molar-refractivity contribution in [2.75, 3.05) is 13.2 Å². The Morgan fingerprint density at radius 2 is 1.50 bits per heavy atom. The molecule has 0 aliphatic rings. The van der Waals surface area contributed by atoms with Gasteiger partial charge in [0.2, 0.25) is 0 Å². The van der Waals surface area contributed by atoms with Gasteiger partial charge in [0.25, 0.3) is 0 Å². The van der Waals surface area contributed by atoms with E-state index in [-0.39, 0.29) is 5.41 Å². The van der Waals surface area contributed by atoms with Crippen molar-refractivity contribution in [3.8, 4) is 11.5 Å². The summed E-state index contributed by atoms with van der Waals surface area (Å²) < 4.78 is 11.4. The molecule has 0 atom stereocenters. The average Bonchev–Trinajstić information content (AvgIpc) is 2.28. The van der Waals surface area contributed by atoms with E-state index in [1.165, 1.54) is 5.56 Å². The molecule has 1 aromatic rings. The monoisotopic (exact) mass is 248 g/mol. The van der Waals surface area contributed by atoms with E-state index in [2.05, 4.69) is 39.5 Å². The molecule has 1 aromatic carbocycles. The predicted octanol–water partition coefficient (Wildman–Crippen LogP) is 4.42. The van der Waals surface area contributed by atoms with Crippen molar-refractivity contribution in [3.63, 3.8) is 0 Å². The van der Waals surface area contributed by atoms with E-state index < -0.39 is 0 Å². The van der Waals surface area contributed by atoms with E-state index in [1.54, 1.807) is 6.08 Å². The highest BCUT2D eigenvalue weighted by molar-refractivity contribution is 5.65. The van der Waals surface area contributed by atoms with Crippen molar-refractivity contribution in [2.45, 2.75) is 40.0 Å². The average molecular weight is 248 g/mol. The molecule has 0 heterocycles. The van der Waals surface area contributed by atoms with Gasteiger partial charge in [-0.1, -0.05) is 33.4 Å². The lowest BCUT2D eigenvalue weighted by atomic mass is 9.86. The minimum Gasteiger partial charge on any atom is -0.493 e. The number of ether oxygens (including phenoxy) is 2. The molecule has 18 heavy (non-hydrogen) atoms. The summed E-state index contributed by atoms with van der Waals surface area (Å²) in [5.74, 6) is 1.70. The second-order valence-corrected chi connectivity index (χ2v) is 5.21. The van der Waals surface area contributed by atoms with Crippen molar-refractivity contribution in [2.24, 2.45) is 0 Å². The molecular weight excluding hydrogens is 224 g/mol. The summed E-state index contributed by atoms with van der Waals surface area (Å²) >= 11 is 0. The fourth-order valence-electron chi connectivity index (χ4n) is 1.79. The van der Waals surface area contributed by atoms with Crippen LogP contribution in [-0.4, -0.2) is 13.2 Å². The highest BCUT2D eigenvalue weighted by atomic mass is 16.5. The Labute approximate surface area is 111 Å². The third kappa shape index (κ3) is 3.28. The minimum atomic E-state index is 0.0669. The maximum absolute atomic E-state index is 5.70. The van der Waals surface area contributed by atoms with Gasteiger partial charge in [-0.3, -0.25) is 0 Å². The molecule has 0 amide bonds.